The Hall–Kier alpha value is -0.490. The van der Waals surface area contributed by atoms with Crippen molar-refractivity contribution in [2.75, 3.05) is 11.9 Å². The fourth-order valence-corrected chi connectivity index (χ4v) is 3.22. The van der Waals surface area contributed by atoms with Crippen LogP contribution in [0.25, 0.3) is 0 Å². The van der Waals surface area contributed by atoms with Gasteiger partial charge in [0.05, 0.1) is 14.5 Å². The molecule has 106 valence electrons. The van der Waals surface area contributed by atoms with E-state index in [0.717, 1.165) is 33.2 Å². The van der Waals surface area contributed by atoms with Crippen molar-refractivity contribution in [2.45, 2.75) is 23.3 Å². The van der Waals surface area contributed by atoms with E-state index in [9.17, 15) is 0 Å². The van der Waals surface area contributed by atoms with Crippen LogP contribution >= 0.6 is 50.9 Å². The van der Waals surface area contributed by atoms with Crippen molar-refractivity contribution in [3.8, 4) is 0 Å². The lowest BCUT2D eigenvalue weighted by molar-refractivity contribution is 0.946. The molecule has 2 rings (SSSR count). The molecule has 0 aliphatic rings. The van der Waals surface area contributed by atoms with Crippen LogP contribution in [0, 0.1) is 0 Å². The molecule has 1 aromatic heterocycles. The van der Waals surface area contributed by atoms with Crippen LogP contribution in [-0.2, 0) is 0 Å². The number of nitrogens with one attached hydrogen (secondary N) is 1. The molecule has 1 aromatic carbocycles. The van der Waals surface area contributed by atoms with Crippen molar-refractivity contribution in [2.24, 2.45) is 0 Å². The summed E-state index contributed by atoms with van der Waals surface area (Å²) in [6.45, 7) is 2.97. The van der Waals surface area contributed by atoms with Crippen LogP contribution in [0.5, 0.6) is 0 Å². The predicted molar refractivity (Wildman–Crippen MR) is 89.1 cm³/mol. The summed E-state index contributed by atoms with van der Waals surface area (Å²) >= 11 is 17.0. The first-order valence-electron chi connectivity index (χ1n) is 5.99. The van der Waals surface area contributed by atoms with Crippen molar-refractivity contribution >= 4 is 56.7 Å². The standard InChI is InChI=1S/C13H12BrCl2N3S/c1-2-5-17-12-11(14)13(19-7-18-12)20-8-3-4-9(15)10(16)6-8/h3-4,6-7H,2,5H2,1H3,(H,17,18,19). The molecule has 2 aromatic rings. The summed E-state index contributed by atoms with van der Waals surface area (Å²) in [6.07, 6.45) is 2.58. The smallest absolute Gasteiger partial charge is 0.144 e. The molecular weight excluding hydrogens is 381 g/mol. The zero-order valence-corrected chi connectivity index (χ0v) is 14.6. The van der Waals surface area contributed by atoms with E-state index < -0.39 is 0 Å². The van der Waals surface area contributed by atoms with Gasteiger partial charge in [-0.25, -0.2) is 9.97 Å². The average molecular weight is 393 g/mol. The first-order chi connectivity index (χ1) is 9.61. The molecule has 0 radical (unpaired) electrons. The summed E-state index contributed by atoms with van der Waals surface area (Å²) in [5.74, 6) is 0.796. The molecule has 0 bridgehead atoms. The molecule has 0 atom stereocenters. The third-order valence-corrected chi connectivity index (χ3v) is 5.15. The Morgan fingerprint density at radius 2 is 2.05 bits per heavy atom. The molecule has 0 spiro atoms. The van der Waals surface area contributed by atoms with Gasteiger partial charge in [0, 0.05) is 11.4 Å². The number of nitrogens with zero attached hydrogens (tertiary/aromatic N) is 2. The highest BCUT2D eigenvalue weighted by molar-refractivity contribution is 9.10. The van der Waals surface area contributed by atoms with E-state index in [-0.39, 0.29) is 0 Å². The molecule has 0 saturated carbocycles. The van der Waals surface area contributed by atoms with E-state index in [1.165, 1.54) is 11.8 Å². The fraction of sp³-hybridized carbons (Fsp3) is 0.231. The predicted octanol–water partition coefficient (Wildman–Crippen LogP) is 5.52. The second-order valence-corrected chi connectivity index (χ2v) is 6.62. The minimum atomic E-state index is 0.533. The SMILES string of the molecule is CCCNc1ncnc(Sc2ccc(Cl)c(Cl)c2)c1Br. The monoisotopic (exact) mass is 391 g/mol. The Balaban J connectivity index is 2.22. The van der Waals surface area contributed by atoms with Gasteiger partial charge in [0.2, 0.25) is 0 Å². The summed E-state index contributed by atoms with van der Waals surface area (Å²) in [5.41, 5.74) is 0. The second-order valence-electron chi connectivity index (χ2n) is 3.95. The number of hydrogen-bond acceptors (Lipinski definition) is 4. The van der Waals surface area contributed by atoms with Crippen LogP contribution in [-0.4, -0.2) is 16.5 Å². The van der Waals surface area contributed by atoms with Crippen LogP contribution in [0.15, 0.2) is 38.9 Å². The van der Waals surface area contributed by atoms with Crippen LogP contribution in [0.2, 0.25) is 10.0 Å². The largest absolute Gasteiger partial charge is 0.369 e. The molecule has 0 unspecified atom stereocenters. The highest BCUT2D eigenvalue weighted by Crippen LogP contribution is 2.36. The summed E-state index contributed by atoms with van der Waals surface area (Å²) in [6, 6.07) is 5.51. The van der Waals surface area contributed by atoms with Gasteiger partial charge in [0.15, 0.2) is 0 Å². The summed E-state index contributed by atoms with van der Waals surface area (Å²) < 4.78 is 0.851. The van der Waals surface area contributed by atoms with Crippen molar-refractivity contribution in [3.05, 3.63) is 39.0 Å². The Kier molecular flexibility index (Phi) is 5.96. The Labute approximate surface area is 140 Å². The number of anilines is 1. The molecule has 0 saturated heterocycles. The number of aromatic nitrogens is 2. The summed E-state index contributed by atoms with van der Waals surface area (Å²) in [7, 11) is 0. The molecule has 0 fully saturated rings. The van der Waals surface area contributed by atoms with Gasteiger partial charge in [-0.1, -0.05) is 41.9 Å². The van der Waals surface area contributed by atoms with Crippen molar-refractivity contribution in [1.29, 1.82) is 0 Å². The lowest BCUT2D eigenvalue weighted by Gasteiger charge is -2.09. The van der Waals surface area contributed by atoms with Crippen LogP contribution < -0.4 is 5.32 Å². The Bertz CT molecular complexity index is 610. The van der Waals surface area contributed by atoms with Gasteiger partial charge in [-0.05, 0) is 40.5 Å². The topological polar surface area (TPSA) is 37.8 Å². The molecule has 0 amide bonds. The zero-order valence-electron chi connectivity index (χ0n) is 10.7. The van der Waals surface area contributed by atoms with E-state index in [4.69, 9.17) is 23.2 Å². The van der Waals surface area contributed by atoms with E-state index in [1.54, 1.807) is 12.4 Å². The van der Waals surface area contributed by atoms with Gasteiger partial charge >= 0.3 is 0 Å². The van der Waals surface area contributed by atoms with Crippen molar-refractivity contribution < 1.29 is 0 Å². The number of halogens is 3. The van der Waals surface area contributed by atoms with Crippen LogP contribution in [0.1, 0.15) is 13.3 Å². The lowest BCUT2D eigenvalue weighted by Crippen LogP contribution is -2.03. The van der Waals surface area contributed by atoms with Gasteiger partial charge in [-0.3, -0.25) is 0 Å². The molecule has 3 nitrogen and oxygen atoms in total. The van der Waals surface area contributed by atoms with Gasteiger partial charge in [-0.15, -0.1) is 0 Å². The average Bonchev–Trinajstić information content (AvgIpc) is 2.44. The molecule has 0 aliphatic heterocycles. The van der Waals surface area contributed by atoms with E-state index in [1.807, 2.05) is 12.1 Å². The highest BCUT2D eigenvalue weighted by atomic mass is 79.9. The number of benzene rings is 1. The van der Waals surface area contributed by atoms with Crippen LogP contribution in [0.3, 0.4) is 0 Å². The molecule has 20 heavy (non-hydrogen) atoms. The number of hydrogen-bond donors (Lipinski definition) is 1. The second kappa shape index (κ2) is 7.50. The first-order valence-corrected chi connectivity index (χ1v) is 8.35. The third kappa shape index (κ3) is 4.01. The van der Waals surface area contributed by atoms with Crippen molar-refractivity contribution in [1.82, 2.24) is 9.97 Å². The fourth-order valence-electron chi connectivity index (χ4n) is 1.44. The maximum atomic E-state index is 6.02. The minimum absolute atomic E-state index is 0.533. The van der Waals surface area contributed by atoms with Crippen molar-refractivity contribution in [3.63, 3.8) is 0 Å². The lowest BCUT2D eigenvalue weighted by atomic mass is 10.4. The Morgan fingerprint density at radius 1 is 1.25 bits per heavy atom. The Morgan fingerprint density at radius 3 is 2.75 bits per heavy atom. The van der Waals surface area contributed by atoms with Gasteiger partial charge in [-0.2, -0.15) is 0 Å². The van der Waals surface area contributed by atoms with E-state index >= 15 is 0 Å². The summed E-state index contributed by atoms with van der Waals surface area (Å²) in [5, 5.41) is 5.16. The third-order valence-electron chi connectivity index (χ3n) is 2.41. The summed E-state index contributed by atoms with van der Waals surface area (Å²) in [4.78, 5) is 9.48. The molecule has 0 aliphatic carbocycles. The molecular formula is C13H12BrCl2N3S. The van der Waals surface area contributed by atoms with Gasteiger partial charge in [0.25, 0.3) is 0 Å². The maximum Gasteiger partial charge on any atom is 0.144 e. The van der Waals surface area contributed by atoms with Gasteiger partial charge < -0.3 is 5.32 Å². The molecule has 7 heteroatoms. The molecule has 1 heterocycles. The normalized spacial score (nSPS) is 10.6. The minimum Gasteiger partial charge on any atom is -0.369 e. The zero-order chi connectivity index (χ0) is 14.5. The molecule has 1 N–H and O–H groups in total. The van der Waals surface area contributed by atoms with Gasteiger partial charge in [0.1, 0.15) is 17.2 Å². The highest BCUT2D eigenvalue weighted by Gasteiger charge is 2.10. The maximum absolute atomic E-state index is 6.02. The van der Waals surface area contributed by atoms with E-state index in [2.05, 4.69) is 38.1 Å². The quantitative estimate of drug-likeness (QED) is 0.679. The number of rotatable bonds is 5. The van der Waals surface area contributed by atoms with Crippen LogP contribution in [0.4, 0.5) is 5.82 Å². The first kappa shape index (κ1) is 15.9. The van der Waals surface area contributed by atoms with E-state index in [0.29, 0.717) is 10.0 Å².